The van der Waals surface area contributed by atoms with Gasteiger partial charge in [0.15, 0.2) is 0 Å². The minimum absolute atomic E-state index is 0.0176. The van der Waals surface area contributed by atoms with Crippen molar-refractivity contribution in [1.82, 2.24) is 0 Å². The third kappa shape index (κ3) is 8.40. The smallest absolute Gasteiger partial charge is 0.334 e. The Balaban J connectivity index is 2.58. The lowest BCUT2D eigenvalue weighted by Crippen LogP contribution is -2.43. The lowest BCUT2D eigenvalue weighted by atomic mass is 9.89. The molecule has 0 radical (unpaired) electrons. The van der Waals surface area contributed by atoms with E-state index in [1.54, 1.807) is 13.0 Å². The van der Waals surface area contributed by atoms with E-state index in [9.17, 15) is 14.7 Å². The molecule has 1 aliphatic rings. The van der Waals surface area contributed by atoms with E-state index in [2.05, 4.69) is 0 Å². The largest absolute Gasteiger partial charge is 0.461 e. The summed E-state index contributed by atoms with van der Waals surface area (Å²) in [6.45, 7) is 7.17. The number of hydrogen-bond donors (Lipinski definition) is 2. The molecule has 1 aliphatic heterocycles. The number of hydrogen-bond acceptors (Lipinski definition) is 6. The van der Waals surface area contributed by atoms with Crippen molar-refractivity contribution in [3.05, 3.63) is 34.9 Å². The van der Waals surface area contributed by atoms with Crippen LogP contribution in [0.25, 0.3) is 0 Å². The number of aliphatic hydroxyl groups excluding tert-OH is 2. The standard InChI is InChI=1S/C22H34O6/c1-16(12-14-23)10-11-20(25)22(4)13-6-9-19(21(26)28-22)8-5-7-17(2)15-27-18(3)24/h7,9,12,20,23,25H,5-6,8,10-11,13-15H2,1-4H3. The molecule has 0 aliphatic carbocycles. The van der Waals surface area contributed by atoms with Crippen molar-refractivity contribution in [2.75, 3.05) is 13.2 Å². The van der Waals surface area contributed by atoms with Gasteiger partial charge in [0.05, 0.1) is 12.7 Å². The number of esters is 2. The normalized spacial score (nSPS) is 22.2. The van der Waals surface area contributed by atoms with Gasteiger partial charge in [0.25, 0.3) is 0 Å². The number of aliphatic hydroxyl groups is 2. The summed E-state index contributed by atoms with van der Waals surface area (Å²) in [6.07, 6.45) is 8.32. The van der Waals surface area contributed by atoms with Gasteiger partial charge >= 0.3 is 11.9 Å². The van der Waals surface area contributed by atoms with Crippen molar-refractivity contribution >= 4 is 11.9 Å². The van der Waals surface area contributed by atoms with E-state index in [0.29, 0.717) is 44.1 Å². The summed E-state index contributed by atoms with van der Waals surface area (Å²) in [7, 11) is 0. The molecule has 0 aromatic carbocycles. The third-order valence-electron chi connectivity index (χ3n) is 4.99. The number of cyclic esters (lactones) is 1. The molecule has 6 heteroatoms. The molecule has 158 valence electrons. The molecule has 0 aromatic heterocycles. The van der Waals surface area contributed by atoms with E-state index in [1.807, 2.05) is 26.0 Å². The van der Waals surface area contributed by atoms with Crippen LogP contribution < -0.4 is 0 Å². The average Bonchev–Trinajstić information content (AvgIpc) is 2.77. The minimum Gasteiger partial charge on any atom is -0.461 e. The van der Waals surface area contributed by atoms with Crippen LogP contribution in [0.15, 0.2) is 34.9 Å². The zero-order valence-corrected chi connectivity index (χ0v) is 17.5. The molecule has 1 rings (SSSR count). The second-order valence-electron chi connectivity index (χ2n) is 7.63. The summed E-state index contributed by atoms with van der Waals surface area (Å²) < 4.78 is 10.6. The first-order chi connectivity index (χ1) is 13.2. The molecule has 2 unspecified atom stereocenters. The number of ether oxygens (including phenoxy) is 2. The molecule has 2 N–H and O–H groups in total. The van der Waals surface area contributed by atoms with Crippen LogP contribution in [0.3, 0.4) is 0 Å². The van der Waals surface area contributed by atoms with Gasteiger partial charge < -0.3 is 19.7 Å². The lowest BCUT2D eigenvalue weighted by molar-refractivity contribution is -0.166. The maximum atomic E-state index is 12.5. The SMILES string of the molecule is CC(=O)OCC(C)=CCCC1=CCCC(C)(C(O)CCC(C)=CCO)OC1=O. The van der Waals surface area contributed by atoms with Gasteiger partial charge in [-0.3, -0.25) is 4.79 Å². The first-order valence-corrected chi connectivity index (χ1v) is 9.84. The second kappa shape index (κ2) is 11.8. The van der Waals surface area contributed by atoms with Gasteiger partial charge in [-0.15, -0.1) is 0 Å². The predicted molar refractivity (Wildman–Crippen MR) is 108 cm³/mol. The molecule has 0 aromatic rings. The first-order valence-electron chi connectivity index (χ1n) is 9.84. The van der Waals surface area contributed by atoms with Gasteiger partial charge in [-0.2, -0.15) is 0 Å². The van der Waals surface area contributed by atoms with E-state index in [1.165, 1.54) is 6.92 Å². The summed E-state index contributed by atoms with van der Waals surface area (Å²) in [5.74, 6) is -0.699. The van der Waals surface area contributed by atoms with Crippen molar-refractivity contribution in [3.63, 3.8) is 0 Å². The number of rotatable bonds is 10. The Morgan fingerprint density at radius 1 is 1.32 bits per heavy atom. The maximum Gasteiger partial charge on any atom is 0.334 e. The highest BCUT2D eigenvalue weighted by molar-refractivity contribution is 5.89. The molecular weight excluding hydrogens is 360 g/mol. The van der Waals surface area contributed by atoms with E-state index in [4.69, 9.17) is 14.6 Å². The molecule has 0 amide bonds. The Morgan fingerprint density at radius 3 is 2.68 bits per heavy atom. The fraction of sp³-hybridized carbons (Fsp3) is 0.636. The van der Waals surface area contributed by atoms with Gasteiger partial charge in [0, 0.05) is 12.5 Å². The van der Waals surface area contributed by atoms with E-state index in [0.717, 1.165) is 11.1 Å². The Kier molecular flexibility index (Phi) is 10.2. The molecule has 6 nitrogen and oxygen atoms in total. The predicted octanol–water partition coefficient (Wildman–Crippen LogP) is 3.38. The van der Waals surface area contributed by atoms with Crippen LogP contribution in [0.4, 0.5) is 0 Å². The lowest BCUT2D eigenvalue weighted by Gasteiger charge is -2.33. The first kappa shape index (κ1) is 24.1. The van der Waals surface area contributed by atoms with Crippen LogP contribution in [0.5, 0.6) is 0 Å². The molecular formula is C22H34O6. The van der Waals surface area contributed by atoms with E-state index in [-0.39, 0.29) is 25.2 Å². The van der Waals surface area contributed by atoms with Crippen LogP contribution in [0, 0.1) is 0 Å². The van der Waals surface area contributed by atoms with Crippen LogP contribution in [0.2, 0.25) is 0 Å². The molecule has 0 saturated carbocycles. The molecule has 2 atom stereocenters. The molecule has 28 heavy (non-hydrogen) atoms. The Morgan fingerprint density at radius 2 is 2.04 bits per heavy atom. The van der Waals surface area contributed by atoms with Gasteiger partial charge in [-0.1, -0.05) is 23.8 Å². The van der Waals surface area contributed by atoms with E-state index < -0.39 is 11.7 Å². The van der Waals surface area contributed by atoms with Crippen LogP contribution in [0.1, 0.15) is 66.2 Å². The van der Waals surface area contributed by atoms with Crippen molar-refractivity contribution in [2.45, 2.75) is 77.9 Å². The summed E-state index contributed by atoms with van der Waals surface area (Å²) in [6, 6.07) is 0. The maximum absolute atomic E-state index is 12.5. The Bertz CT molecular complexity index is 631. The number of carbonyl (C=O) groups is 2. The fourth-order valence-corrected chi connectivity index (χ4v) is 3.06. The van der Waals surface area contributed by atoms with Crippen LogP contribution >= 0.6 is 0 Å². The van der Waals surface area contributed by atoms with Crippen LogP contribution in [-0.4, -0.2) is 47.1 Å². The summed E-state index contributed by atoms with van der Waals surface area (Å²) >= 11 is 0. The topological polar surface area (TPSA) is 93.1 Å². The summed E-state index contributed by atoms with van der Waals surface area (Å²) in [4.78, 5) is 23.4. The molecule has 0 spiro atoms. The zero-order valence-electron chi connectivity index (χ0n) is 17.5. The summed E-state index contributed by atoms with van der Waals surface area (Å²) in [5.41, 5.74) is 1.63. The van der Waals surface area contributed by atoms with Crippen molar-refractivity contribution < 1.29 is 29.3 Å². The summed E-state index contributed by atoms with van der Waals surface area (Å²) in [5, 5.41) is 19.5. The van der Waals surface area contributed by atoms with Gasteiger partial charge in [-0.25, -0.2) is 4.79 Å². The van der Waals surface area contributed by atoms with Crippen molar-refractivity contribution in [1.29, 1.82) is 0 Å². The van der Waals surface area contributed by atoms with Crippen molar-refractivity contribution in [3.8, 4) is 0 Å². The zero-order chi connectivity index (χ0) is 21.2. The Labute approximate surface area is 167 Å². The van der Waals surface area contributed by atoms with Crippen molar-refractivity contribution in [2.24, 2.45) is 0 Å². The number of allylic oxidation sites excluding steroid dienone is 3. The number of carbonyl (C=O) groups excluding carboxylic acids is 2. The highest BCUT2D eigenvalue weighted by atomic mass is 16.6. The van der Waals surface area contributed by atoms with Gasteiger partial charge in [0.2, 0.25) is 0 Å². The Hall–Kier alpha value is -1.92. The highest BCUT2D eigenvalue weighted by Crippen LogP contribution is 2.31. The molecule has 0 saturated heterocycles. The molecule has 1 heterocycles. The quantitative estimate of drug-likeness (QED) is 0.436. The third-order valence-corrected chi connectivity index (χ3v) is 4.99. The highest BCUT2D eigenvalue weighted by Gasteiger charge is 2.38. The molecule has 0 fully saturated rings. The average molecular weight is 395 g/mol. The minimum atomic E-state index is -0.921. The van der Waals surface area contributed by atoms with Gasteiger partial charge in [-0.05, 0) is 64.9 Å². The second-order valence-corrected chi connectivity index (χ2v) is 7.63. The van der Waals surface area contributed by atoms with E-state index >= 15 is 0 Å². The fourth-order valence-electron chi connectivity index (χ4n) is 3.06. The molecule has 0 bridgehead atoms. The van der Waals surface area contributed by atoms with Gasteiger partial charge in [0.1, 0.15) is 12.2 Å². The monoisotopic (exact) mass is 394 g/mol. The van der Waals surface area contributed by atoms with Crippen LogP contribution in [-0.2, 0) is 19.1 Å².